The van der Waals surface area contributed by atoms with Gasteiger partial charge in [0.05, 0.1) is 0 Å². The third kappa shape index (κ3) is 2.48. The predicted molar refractivity (Wildman–Crippen MR) is 46.6 cm³/mol. The second kappa shape index (κ2) is 3.57. The maximum atomic E-state index is 4.81. The van der Waals surface area contributed by atoms with E-state index in [0.717, 1.165) is 12.1 Å². The van der Waals surface area contributed by atoms with Crippen LogP contribution >= 0.6 is 0 Å². The normalized spacial score (nSPS) is 28.4. The van der Waals surface area contributed by atoms with Crippen LogP contribution in [0.3, 0.4) is 0 Å². The number of rotatable bonds is 2. The Morgan fingerprint density at radius 1 is 0.636 bits per heavy atom. The molecule has 1 radical (unpaired) electrons. The maximum Gasteiger partial charge on any atom is 0.0250 e. The van der Waals surface area contributed by atoms with Gasteiger partial charge in [0, 0.05) is 12.1 Å². The summed E-state index contributed by atoms with van der Waals surface area (Å²) in [5.41, 5.74) is 0. The van der Waals surface area contributed by atoms with Crippen molar-refractivity contribution in [2.75, 3.05) is 0 Å². The van der Waals surface area contributed by atoms with Crippen LogP contribution in [0.4, 0.5) is 0 Å². The van der Waals surface area contributed by atoms with E-state index in [1.807, 2.05) is 0 Å². The molecule has 0 N–H and O–H groups in total. The van der Waals surface area contributed by atoms with Crippen LogP contribution in [-0.2, 0) is 0 Å². The molecule has 2 aliphatic carbocycles. The van der Waals surface area contributed by atoms with Crippen LogP contribution in [-0.4, -0.2) is 12.1 Å². The minimum absolute atomic E-state index is 0.755. The number of hydrogen-bond acceptors (Lipinski definition) is 0. The largest absolute Gasteiger partial charge is 0.235 e. The topological polar surface area (TPSA) is 14.1 Å². The maximum absolute atomic E-state index is 4.81. The zero-order valence-corrected chi connectivity index (χ0v) is 7.26. The van der Waals surface area contributed by atoms with Gasteiger partial charge in [-0.1, -0.05) is 25.7 Å². The van der Waals surface area contributed by atoms with Gasteiger partial charge < -0.3 is 0 Å². The molecular formula is C10H18N. The van der Waals surface area contributed by atoms with Gasteiger partial charge in [0.25, 0.3) is 0 Å². The van der Waals surface area contributed by atoms with E-state index in [-0.39, 0.29) is 0 Å². The molecule has 0 aliphatic heterocycles. The third-order valence-electron chi connectivity index (χ3n) is 2.79. The zero-order valence-electron chi connectivity index (χ0n) is 7.26. The molecule has 0 amide bonds. The van der Waals surface area contributed by atoms with Crippen LogP contribution in [0.2, 0.25) is 0 Å². The Hall–Kier alpha value is -0.0400. The van der Waals surface area contributed by atoms with Crippen LogP contribution in [0.1, 0.15) is 51.4 Å². The Labute approximate surface area is 69.6 Å². The molecule has 2 aliphatic rings. The van der Waals surface area contributed by atoms with Crippen molar-refractivity contribution in [3.8, 4) is 0 Å². The smallest absolute Gasteiger partial charge is 0.0250 e. The summed E-state index contributed by atoms with van der Waals surface area (Å²) < 4.78 is 0. The molecule has 0 saturated heterocycles. The first kappa shape index (κ1) is 7.60. The molecule has 2 fully saturated rings. The van der Waals surface area contributed by atoms with Gasteiger partial charge in [-0.3, -0.25) is 0 Å². The highest BCUT2D eigenvalue weighted by atomic mass is 15.0. The van der Waals surface area contributed by atoms with Crippen molar-refractivity contribution in [2.45, 2.75) is 63.5 Å². The van der Waals surface area contributed by atoms with Gasteiger partial charge >= 0.3 is 0 Å². The van der Waals surface area contributed by atoms with Crippen LogP contribution in [0.5, 0.6) is 0 Å². The summed E-state index contributed by atoms with van der Waals surface area (Å²) in [6.07, 6.45) is 11.3. The molecule has 2 rings (SSSR count). The summed E-state index contributed by atoms with van der Waals surface area (Å²) >= 11 is 0. The Morgan fingerprint density at radius 3 is 1.73 bits per heavy atom. The second-order valence-electron chi connectivity index (χ2n) is 4.03. The van der Waals surface area contributed by atoms with Gasteiger partial charge in [0.15, 0.2) is 0 Å². The Morgan fingerprint density at radius 2 is 1.18 bits per heavy atom. The minimum Gasteiger partial charge on any atom is -0.235 e. The second-order valence-corrected chi connectivity index (χ2v) is 4.03. The van der Waals surface area contributed by atoms with Crippen LogP contribution < -0.4 is 5.32 Å². The molecule has 0 spiro atoms. The summed E-state index contributed by atoms with van der Waals surface area (Å²) in [4.78, 5) is 0. The fourth-order valence-corrected chi connectivity index (χ4v) is 1.93. The summed E-state index contributed by atoms with van der Waals surface area (Å²) in [5, 5.41) is 4.81. The molecule has 0 heterocycles. The molecule has 0 aromatic rings. The molecule has 11 heavy (non-hydrogen) atoms. The summed E-state index contributed by atoms with van der Waals surface area (Å²) in [6, 6.07) is 1.54. The van der Waals surface area contributed by atoms with Crippen LogP contribution in [0.25, 0.3) is 0 Å². The average molecular weight is 152 g/mol. The third-order valence-corrected chi connectivity index (χ3v) is 2.79. The van der Waals surface area contributed by atoms with Gasteiger partial charge in [-0.2, -0.15) is 0 Å². The highest BCUT2D eigenvalue weighted by Gasteiger charge is 2.26. The fourth-order valence-electron chi connectivity index (χ4n) is 1.93. The van der Waals surface area contributed by atoms with E-state index < -0.39 is 0 Å². The standard InChI is InChI=1S/C10H18N/c1-2-4-6-9(5-3-1)11-10-7-8-10/h9-10H,1-8H2. The van der Waals surface area contributed by atoms with Gasteiger partial charge in [-0.05, 0) is 25.7 Å². The van der Waals surface area contributed by atoms with Crippen molar-refractivity contribution >= 4 is 0 Å². The lowest BCUT2D eigenvalue weighted by molar-refractivity contribution is 0.448. The van der Waals surface area contributed by atoms with Crippen LogP contribution in [0.15, 0.2) is 0 Å². The van der Waals surface area contributed by atoms with E-state index in [1.165, 1.54) is 51.4 Å². The highest BCUT2D eigenvalue weighted by molar-refractivity contribution is 4.84. The van der Waals surface area contributed by atoms with E-state index in [0.29, 0.717) is 0 Å². The molecule has 63 valence electrons. The van der Waals surface area contributed by atoms with Crippen molar-refractivity contribution < 1.29 is 0 Å². The van der Waals surface area contributed by atoms with Crippen molar-refractivity contribution in [1.82, 2.24) is 5.32 Å². The summed E-state index contributed by atoms with van der Waals surface area (Å²) in [6.45, 7) is 0. The molecule has 2 saturated carbocycles. The number of nitrogens with zero attached hydrogens (tertiary/aromatic N) is 1. The Bertz CT molecular complexity index is 110. The lowest BCUT2D eigenvalue weighted by atomic mass is 10.1. The van der Waals surface area contributed by atoms with Gasteiger partial charge in [0.2, 0.25) is 0 Å². The van der Waals surface area contributed by atoms with E-state index in [1.54, 1.807) is 0 Å². The van der Waals surface area contributed by atoms with Crippen molar-refractivity contribution in [1.29, 1.82) is 0 Å². The van der Waals surface area contributed by atoms with Gasteiger partial charge in [0.1, 0.15) is 0 Å². The molecule has 0 unspecified atom stereocenters. The van der Waals surface area contributed by atoms with Crippen molar-refractivity contribution in [2.24, 2.45) is 0 Å². The molecule has 0 aromatic carbocycles. The quantitative estimate of drug-likeness (QED) is 0.540. The predicted octanol–water partition coefficient (Wildman–Crippen LogP) is 2.48. The SMILES string of the molecule is C1CCCC([N]C2CC2)CC1. The molecular weight excluding hydrogens is 134 g/mol. The lowest BCUT2D eigenvalue weighted by Gasteiger charge is -2.12. The molecule has 0 aromatic heterocycles. The first-order chi connectivity index (χ1) is 5.45. The van der Waals surface area contributed by atoms with E-state index in [2.05, 4.69) is 0 Å². The van der Waals surface area contributed by atoms with Gasteiger partial charge in [-0.25, -0.2) is 5.32 Å². The first-order valence-electron chi connectivity index (χ1n) is 5.15. The van der Waals surface area contributed by atoms with Crippen molar-refractivity contribution in [3.05, 3.63) is 0 Å². The summed E-state index contributed by atoms with van der Waals surface area (Å²) in [7, 11) is 0. The fraction of sp³-hybridized carbons (Fsp3) is 1.00. The lowest BCUT2D eigenvalue weighted by Crippen LogP contribution is -2.22. The molecule has 1 nitrogen and oxygen atoms in total. The summed E-state index contributed by atoms with van der Waals surface area (Å²) in [5.74, 6) is 0. The number of hydrogen-bond donors (Lipinski definition) is 0. The van der Waals surface area contributed by atoms with Gasteiger partial charge in [-0.15, -0.1) is 0 Å². The monoisotopic (exact) mass is 152 g/mol. The Kier molecular flexibility index (Phi) is 2.47. The van der Waals surface area contributed by atoms with E-state index in [9.17, 15) is 0 Å². The minimum atomic E-state index is 0.755. The van der Waals surface area contributed by atoms with E-state index in [4.69, 9.17) is 5.32 Å². The van der Waals surface area contributed by atoms with Crippen LogP contribution in [0, 0.1) is 0 Å². The molecule has 0 bridgehead atoms. The van der Waals surface area contributed by atoms with E-state index >= 15 is 0 Å². The zero-order chi connectivity index (χ0) is 7.52. The van der Waals surface area contributed by atoms with Crippen molar-refractivity contribution in [3.63, 3.8) is 0 Å². The molecule has 0 atom stereocenters. The Balaban J connectivity index is 1.71. The first-order valence-corrected chi connectivity index (χ1v) is 5.15. The highest BCUT2D eigenvalue weighted by Crippen LogP contribution is 2.25. The molecule has 1 heteroatoms. The average Bonchev–Trinajstić information content (AvgIpc) is 2.77.